The summed E-state index contributed by atoms with van der Waals surface area (Å²) in [6.45, 7) is 6.24. The molecule has 0 heterocycles. The van der Waals surface area contributed by atoms with E-state index in [1.54, 1.807) is 12.3 Å². The Labute approximate surface area is 109 Å². The molecule has 0 saturated heterocycles. The Morgan fingerprint density at radius 3 is 2.83 bits per heavy atom. The van der Waals surface area contributed by atoms with Gasteiger partial charge in [-0.25, -0.2) is 0 Å². The van der Waals surface area contributed by atoms with Gasteiger partial charge < -0.3 is 11.5 Å². The molecule has 0 atom stereocenters. The van der Waals surface area contributed by atoms with Gasteiger partial charge in [0.25, 0.3) is 0 Å². The highest BCUT2D eigenvalue weighted by Gasteiger charge is 2.02. The van der Waals surface area contributed by atoms with Crippen molar-refractivity contribution in [1.29, 1.82) is 0 Å². The molecule has 0 radical (unpaired) electrons. The van der Waals surface area contributed by atoms with Crippen molar-refractivity contribution in [3.05, 3.63) is 59.8 Å². The largest absolute Gasteiger partial charge is 0.405 e. The van der Waals surface area contributed by atoms with Gasteiger partial charge in [-0.15, -0.1) is 6.58 Å². The molecular weight excluding hydrogens is 222 g/mol. The minimum atomic E-state index is 0.547. The molecule has 3 heteroatoms. The lowest BCUT2D eigenvalue weighted by Gasteiger charge is -2.06. The molecule has 4 N–H and O–H groups in total. The van der Waals surface area contributed by atoms with E-state index in [0.29, 0.717) is 12.4 Å². The molecule has 0 aliphatic heterocycles. The van der Waals surface area contributed by atoms with E-state index in [1.807, 2.05) is 12.1 Å². The number of nitrogens with two attached hydrogens (primary N) is 2. The molecular formula is C15H21N3. The van der Waals surface area contributed by atoms with Crippen molar-refractivity contribution in [2.75, 3.05) is 6.54 Å². The number of hydrogen-bond acceptors (Lipinski definition) is 2. The lowest BCUT2D eigenvalue weighted by atomic mass is 10.0. The Bertz CT molecular complexity index is 459. The van der Waals surface area contributed by atoms with Crippen LogP contribution in [0.3, 0.4) is 0 Å². The summed E-state index contributed by atoms with van der Waals surface area (Å²) >= 11 is 0. The monoisotopic (exact) mass is 243 g/mol. The smallest absolute Gasteiger partial charge is 0.125 e. The Hall–Kier alpha value is -2.03. The first-order valence-electron chi connectivity index (χ1n) is 6.06. The van der Waals surface area contributed by atoms with Gasteiger partial charge in [-0.05, 0) is 43.7 Å². The third-order valence-electron chi connectivity index (χ3n) is 2.56. The van der Waals surface area contributed by atoms with E-state index >= 15 is 0 Å². The van der Waals surface area contributed by atoms with E-state index in [0.717, 1.165) is 18.4 Å². The van der Waals surface area contributed by atoms with Gasteiger partial charge in [0.1, 0.15) is 5.84 Å². The summed E-state index contributed by atoms with van der Waals surface area (Å²) in [5.41, 5.74) is 14.7. The molecule has 0 spiro atoms. The predicted molar refractivity (Wildman–Crippen MR) is 78.6 cm³/mol. The zero-order chi connectivity index (χ0) is 13.4. The molecule has 0 aliphatic rings. The second-order valence-electron chi connectivity index (χ2n) is 4.19. The molecule has 0 fully saturated rings. The Morgan fingerprint density at radius 2 is 2.17 bits per heavy atom. The molecule has 0 aromatic heterocycles. The van der Waals surface area contributed by atoms with Gasteiger partial charge in [-0.1, -0.05) is 23.8 Å². The van der Waals surface area contributed by atoms with Gasteiger partial charge in [-0.2, -0.15) is 0 Å². The first-order valence-corrected chi connectivity index (χ1v) is 6.06. The first-order chi connectivity index (χ1) is 8.67. The van der Waals surface area contributed by atoms with Crippen molar-refractivity contribution >= 4 is 5.84 Å². The van der Waals surface area contributed by atoms with Crippen molar-refractivity contribution < 1.29 is 0 Å². The highest BCUT2D eigenvalue weighted by molar-refractivity contribution is 5.97. The highest BCUT2D eigenvalue weighted by atomic mass is 14.8. The fraction of sp³-hybridized carbons (Fsp3) is 0.267. The maximum absolute atomic E-state index is 5.94. The maximum atomic E-state index is 5.94. The number of aryl methyl sites for hydroxylation is 2. The quantitative estimate of drug-likeness (QED) is 0.457. The summed E-state index contributed by atoms with van der Waals surface area (Å²) in [7, 11) is 0. The van der Waals surface area contributed by atoms with Crippen LogP contribution in [0.4, 0.5) is 0 Å². The molecule has 1 rings (SSSR count). The summed E-state index contributed by atoms with van der Waals surface area (Å²) in [6, 6.07) is 6.29. The maximum Gasteiger partial charge on any atom is 0.125 e. The van der Waals surface area contributed by atoms with Crippen LogP contribution in [-0.4, -0.2) is 12.4 Å². The number of benzene rings is 1. The number of hydrogen-bond donors (Lipinski definition) is 2. The summed E-state index contributed by atoms with van der Waals surface area (Å²) in [5.74, 6) is 0.564. The minimum Gasteiger partial charge on any atom is -0.405 e. The summed E-state index contributed by atoms with van der Waals surface area (Å²) in [4.78, 5) is 4.23. The molecule has 0 aliphatic carbocycles. The normalized spacial score (nSPS) is 11.9. The van der Waals surface area contributed by atoms with Crippen LogP contribution in [-0.2, 0) is 6.42 Å². The van der Waals surface area contributed by atoms with Crippen LogP contribution in [0.1, 0.15) is 23.1 Å². The van der Waals surface area contributed by atoms with Gasteiger partial charge in [0.2, 0.25) is 0 Å². The van der Waals surface area contributed by atoms with E-state index in [1.165, 1.54) is 11.1 Å². The predicted octanol–water partition coefficient (Wildman–Crippen LogP) is 2.29. The van der Waals surface area contributed by atoms with E-state index in [2.05, 4.69) is 30.6 Å². The van der Waals surface area contributed by atoms with Crippen molar-refractivity contribution in [3.63, 3.8) is 0 Å². The van der Waals surface area contributed by atoms with Crippen molar-refractivity contribution in [2.24, 2.45) is 16.5 Å². The van der Waals surface area contributed by atoms with E-state index in [9.17, 15) is 0 Å². The number of rotatable bonds is 6. The topological polar surface area (TPSA) is 64.4 Å². The minimum absolute atomic E-state index is 0.547. The van der Waals surface area contributed by atoms with Gasteiger partial charge in [0.05, 0.1) is 6.54 Å². The average Bonchev–Trinajstić information content (AvgIpc) is 2.35. The summed E-state index contributed by atoms with van der Waals surface area (Å²) in [5, 5.41) is 0. The Morgan fingerprint density at radius 1 is 1.39 bits per heavy atom. The van der Waals surface area contributed by atoms with Gasteiger partial charge in [-0.3, -0.25) is 4.99 Å². The summed E-state index contributed by atoms with van der Waals surface area (Å²) < 4.78 is 0. The lowest BCUT2D eigenvalue weighted by Crippen LogP contribution is -2.14. The third-order valence-corrected chi connectivity index (χ3v) is 2.56. The van der Waals surface area contributed by atoms with Crippen LogP contribution in [0.5, 0.6) is 0 Å². The second kappa shape index (κ2) is 7.33. The van der Waals surface area contributed by atoms with Crippen molar-refractivity contribution in [2.45, 2.75) is 19.8 Å². The lowest BCUT2D eigenvalue weighted by molar-refractivity contribution is 0.994. The van der Waals surface area contributed by atoms with Crippen LogP contribution in [0.15, 0.2) is 48.1 Å². The highest BCUT2D eigenvalue weighted by Crippen LogP contribution is 2.12. The van der Waals surface area contributed by atoms with Gasteiger partial charge in [0.15, 0.2) is 0 Å². The molecule has 0 amide bonds. The molecule has 0 bridgehead atoms. The Kier molecular flexibility index (Phi) is 5.71. The SMILES string of the molecule is C=CCN=C(N)c1cc(C)cc(CC/C=C\N)c1. The molecule has 96 valence electrons. The standard InChI is InChI=1S/C15H21N3/c1-3-8-18-15(17)14-10-12(2)9-13(11-14)6-4-5-7-16/h3,5,7,9-11H,1,4,6,8,16H2,2H3,(H2,17,18)/b7-5-. The third kappa shape index (κ3) is 4.45. The van der Waals surface area contributed by atoms with Crippen molar-refractivity contribution in [1.82, 2.24) is 0 Å². The van der Waals surface area contributed by atoms with Gasteiger partial charge in [0, 0.05) is 5.56 Å². The Balaban J connectivity index is 2.89. The fourth-order valence-corrected chi connectivity index (χ4v) is 1.76. The van der Waals surface area contributed by atoms with Crippen LogP contribution in [0.25, 0.3) is 0 Å². The molecule has 1 aromatic rings. The van der Waals surface area contributed by atoms with E-state index in [-0.39, 0.29) is 0 Å². The molecule has 3 nitrogen and oxygen atoms in total. The van der Waals surface area contributed by atoms with Crippen LogP contribution in [0, 0.1) is 6.92 Å². The van der Waals surface area contributed by atoms with Crippen LogP contribution >= 0.6 is 0 Å². The molecule has 18 heavy (non-hydrogen) atoms. The van der Waals surface area contributed by atoms with Crippen LogP contribution < -0.4 is 11.5 Å². The van der Waals surface area contributed by atoms with Crippen LogP contribution in [0.2, 0.25) is 0 Å². The van der Waals surface area contributed by atoms with Gasteiger partial charge >= 0.3 is 0 Å². The molecule has 0 unspecified atom stereocenters. The number of allylic oxidation sites excluding steroid dienone is 1. The zero-order valence-electron chi connectivity index (χ0n) is 10.9. The average molecular weight is 243 g/mol. The summed E-state index contributed by atoms with van der Waals surface area (Å²) in [6.07, 6.45) is 7.16. The molecule has 1 aromatic carbocycles. The van der Waals surface area contributed by atoms with E-state index in [4.69, 9.17) is 11.5 Å². The second-order valence-corrected chi connectivity index (χ2v) is 4.19. The zero-order valence-corrected chi connectivity index (χ0v) is 10.9. The fourth-order valence-electron chi connectivity index (χ4n) is 1.76. The molecule has 0 saturated carbocycles. The van der Waals surface area contributed by atoms with Crippen molar-refractivity contribution in [3.8, 4) is 0 Å². The number of aliphatic imine (C=N–C) groups is 1. The van der Waals surface area contributed by atoms with E-state index < -0.39 is 0 Å². The number of nitrogens with zero attached hydrogens (tertiary/aromatic N) is 1. The number of amidine groups is 1. The first kappa shape index (κ1) is 14.0.